The Morgan fingerprint density at radius 3 is 2.48 bits per heavy atom. The zero-order valence-electron chi connectivity index (χ0n) is 15.2. The Bertz CT molecular complexity index is 887. The lowest BCUT2D eigenvalue weighted by Crippen LogP contribution is -2.08. The van der Waals surface area contributed by atoms with Gasteiger partial charge in [-0.25, -0.2) is 4.98 Å². The summed E-state index contributed by atoms with van der Waals surface area (Å²) in [5, 5.41) is 7.22. The van der Waals surface area contributed by atoms with Gasteiger partial charge in [0.15, 0.2) is 11.5 Å². The molecule has 3 rings (SSSR count). The van der Waals surface area contributed by atoms with Crippen molar-refractivity contribution in [2.75, 3.05) is 31.4 Å². The van der Waals surface area contributed by atoms with Crippen LogP contribution in [0.15, 0.2) is 54.7 Å². The van der Waals surface area contributed by atoms with Crippen molar-refractivity contribution in [2.45, 2.75) is 6.42 Å². The predicted octanol–water partition coefficient (Wildman–Crippen LogP) is 4.55. The van der Waals surface area contributed by atoms with Gasteiger partial charge in [0.25, 0.3) is 0 Å². The van der Waals surface area contributed by atoms with Crippen LogP contribution in [0.5, 0.6) is 11.5 Å². The summed E-state index contributed by atoms with van der Waals surface area (Å²) in [4.78, 5) is 8.74. The van der Waals surface area contributed by atoms with E-state index in [4.69, 9.17) is 21.1 Å². The minimum absolute atomic E-state index is 0.564. The van der Waals surface area contributed by atoms with Crippen molar-refractivity contribution >= 4 is 29.1 Å². The van der Waals surface area contributed by atoms with E-state index in [0.717, 1.165) is 23.7 Å². The standard InChI is InChI=1S/C20H21ClN4O2/c1-26-17-8-7-16(13-18(17)27-2)24-19-10-12-23-20(25-19)22-11-9-14-3-5-15(21)6-4-14/h3-8,10,12-13H,9,11H2,1-2H3,(H2,22,23,24,25). The molecule has 0 spiro atoms. The fourth-order valence-electron chi connectivity index (χ4n) is 2.55. The molecular weight excluding hydrogens is 364 g/mol. The Hall–Kier alpha value is -2.99. The van der Waals surface area contributed by atoms with E-state index in [1.807, 2.05) is 42.5 Å². The molecule has 0 fully saturated rings. The molecule has 2 N–H and O–H groups in total. The highest BCUT2D eigenvalue weighted by Gasteiger charge is 2.06. The van der Waals surface area contributed by atoms with Gasteiger partial charge in [-0.15, -0.1) is 0 Å². The van der Waals surface area contributed by atoms with E-state index in [0.29, 0.717) is 23.3 Å². The number of hydrogen-bond acceptors (Lipinski definition) is 6. The molecule has 27 heavy (non-hydrogen) atoms. The Balaban J connectivity index is 1.60. The van der Waals surface area contributed by atoms with Crippen molar-refractivity contribution < 1.29 is 9.47 Å². The third-order valence-electron chi connectivity index (χ3n) is 3.92. The van der Waals surface area contributed by atoms with E-state index in [9.17, 15) is 0 Å². The average Bonchev–Trinajstić information content (AvgIpc) is 2.70. The topological polar surface area (TPSA) is 68.3 Å². The van der Waals surface area contributed by atoms with E-state index < -0.39 is 0 Å². The van der Waals surface area contributed by atoms with Crippen LogP contribution in [0.25, 0.3) is 0 Å². The largest absolute Gasteiger partial charge is 0.493 e. The van der Waals surface area contributed by atoms with Crippen LogP contribution in [0.2, 0.25) is 5.02 Å². The molecule has 0 aliphatic carbocycles. The summed E-state index contributed by atoms with van der Waals surface area (Å²) in [6, 6.07) is 15.2. The average molecular weight is 385 g/mol. The number of halogens is 1. The maximum Gasteiger partial charge on any atom is 0.224 e. The van der Waals surface area contributed by atoms with Gasteiger partial charge >= 0.3 is 0 Å². The van der Waals surface area contributed by atoms with E-state index >= 15 is 0 Å². The summed E-state index contributed by atoms with van der Waals surface area (Å²) in [6.07, 6.45) is 2.56. The molecular formula is C20H21ClN4O2. The molecule has 0 aliphatic rings. The maximum atomic E-state index is 5.90. The molecule has 1 aromatic heterocycles. The second-order valence-corrected chi connectivity index (χ2v) is 6.20. The first-order chi connectivity index (χ1) is 13.2. The van der Waals surface area contributed by atoms with Crippen LogP contribution in [0, 0.1) is 0 Å². The van der Waals surface area contributed by atoms with Gasteiger partial charge in [-0.05, 0) is 42.3 Å². The van der Waals surface area contributed by atoms with Crippen molar-refractivity contribution in [3.8, 4) is 11.5 Å². The summed E-state index contributed by atoms with van der Waals surface area (Å²) in [5.74, 6) is 2.58. The Morgan fingerprint density at radius 2 is 1.74 bits per heavy atom. The molecule has 2 aromatic carbocycles. The lowest BCUT2D eigenvalue weighted by atomic mass is 10.1. The minimum atomic E-state index is 0.564. The predicted molar refractivity (Wildman–Crippen MR) is 109 cm³/mol. The summed E-state index contributed by atoms with van der Waals surface area (Å²) in [7, 11) is 3.21. The SMILES string of the molecule is COc1ccc(Nc2ccnc(NCCc3ccc(Cl)cc3)n2)cc1OC. The van der Waals surface area contributed by atoms with Gasteiger partial charge in [-0.1, -0.05) is 23.7 Å². The first-order valence-electron chi connectivity index (χ1n) is 8.48. The second kappa shape index (κ2) is 9.09. The third kappa shape index (κ3) is 5.24. The van der Waals surface area contributed by atoms with Crippen molar-refractivity contribution in [2.24, 2.45) is 0 Å². The quantitative estimate of drug-likeness (QED) is 0.594. The number of nitrogens with one attached hydrogen (secondary N) is 2. The van der Waals surface area contributed by atoms with Gasteiger partial charge in [0.05, 0.1) is 14.2 Å². The van der Waals surface area contributed by atoms with E-state index in [-0.39, 0.29) is 0 Å². The van der Waals surface area contributed by atoms with Gasteiger partial charge in [0, 0.05) is 29.5 Å². The van der Waals surface area contributed by atoms with Gasteiger partial charge in [-0.3, -0.25) is 0 Å². The van der Waals surface area contributed by atoms with Gasteiger partial charge in [0.2, 0.25) is 5.95 Å². The summed E-state index contributed by atoms with van der Waals surface area (Å²) in [5.41, 5.74) is 2.05. The number of ether oxygens (including phenoxy) is 2. The van der Waals surface area contributed by atoms with E-state index in [1.165, 1.54) is 5.56 Å². The molecule has 0 aliphatic heterocycles. The highest BCUT2D eigenvalue weighted by atomic mass is 35.5. The molecule has 0 unspecified atom stereocenters. The smallest absolute Gasteiger partial charge is 0.224 e. The molecule has 0 saturated carbocycles. The first-order valence-corrected chi connectivity index (χ1v) is 8.86. The summed E-state index contributed by atoms with van der Waals surface area (Å²) < 4.78 is 10.6. The minimum Gasteiger partial charge on any atom is -0.493 e. The van der Waals surface area contributed by atoms with Crippen LogP contribution in [-0.2, 0) is 6.42 Å². The maximum absolute atomic E-state index is 5.90. The fraction of sp³-hybridized carbons (Fsp3) is 0.200. The molecule has 0 radical (unpaired) electrons. The molecule has 0 amide bonds. The van der Waals surface area contributed by atoms with E-state index in [1.54, 1.807) is 26.5 Å². The summed E-state index contributed by atoms with van der Waals surface area (Å²) in [6.45, 7) is 0.724. The first kappa shape index (κ1) is 18.8. The van der Waals surface area contributed by atoms with Crippen LogP contribution in [0.1, 0.15) is 5.56 Å². The number of rotatable bonds is 8. The molecule has 0 atom stereocenters. The third-order valence-corrected chi connectivity index (χ3v) is 4.17. The number of hydrogen-bond donors (Lipinski definition) is 2. The molecule has 3 aromatic rings. The molecule has 0 bridgehead atoms. The normalized spacial score (nSPS) is 10.3. The Morgan fingerprint density at radius 1 is 0.963 bits per heavy atom. The molecule has 0 saturated heterocycles. The monoisotopic (exact) mass is 384 g/mol. The number of benzene rings is 2. The zero-order chi connectivity index (χ0) is 19.1. The van der Waals surface area contributed by atoms with Crippen LogP contribution >= 0.6 is 11.6 Å². The van der Waals surface area contributed by atoms with Crippen molar-refractivity contribution in [3.05, 3.63) is 65.3 Å². The molecule has 6 nitrogen and oxygen atoms in total. The lowest BCUT2D eigenvalue weighted by molar-refractivity contribution is 0.355. The Labute approximate surface area is 163 Å². The van der Waals surface area contributed by atoms with Crippen LogP contribution < -0.4 is 20.1 Å². The van der Waals surface area contributed by atoms with Gasteiger partial charge < -0.3 is 20.1 Å². The molecule has 1 heterocycles. The number of methoxy groups -OCH3 is 2. The van der Waals surface area contributed by atoms with Crippen molar-refractivity contribution in [1.29, 1.82) is 0 Å². The second-order valence-electron chi connectivity index (χ2n) is 5.76. The Kier molecular flexibility index (Phi) is 6.33. The highest BCUT2D eigenvalue weighted by molar-refractivity contribution is 6.30. The summed E-state index contributed by atoms with van der Waals surface area (Å²) >= 11 is 5.90. The van der Waals surface area contributed by atoms with Crippen LogP contribution in [0.4, 0.5) is 17.5 Å². The number of anilines is 3. The lowest BCUT2D eigenvalue weighted by Gasteiger charge is -2.11. The number of aromatic nitrogens is 2. The number of nitrogens with zero attached hydrogens (tertiary/aromatic N) is 2. The van der Waals surface area contributed by atoms with Crippen molar-refractivity contribution in [1.82, 2.24) is 9.97 Å². The van der Waals surface area contributed by atoms with E-state index in [2.05, 4.69) is 20.6 Å². The van der Waals surface area contributed by atoms with Crippen LogP contribution in [-0.4, -0.2) is 30.7 Å². The molecule has 7 heteroatoms. The highest BCUT2D eigenvalue weighted by Crippen LogP contribution is 2.30. The van der Waals surface area contributed by atoms with Gasteiger partial charge in [-0.2, -0.15) is 4.98 Å². The van der Waals surface area contributed by atoms with Crippen LogP contribution in [0.3, 0.4) is 0 Å². The molecule has 140 valence electrons. The zero-order valence-corrected chi connectivity index (χ0v) is 16.0. The van der Waals surface area contributed by atoms with Gasteiger partial charge in [0.1, 0.15) is 5.82 Å². The fourth-order valence-corrected chi connectivity index (χ4v) is 2.67. The van der Waals surface area contributed by atoms with Crippen molar-refractivity contribution in [3.63, 3.8) is 0 Å².